The highest BCUT2D eigenvalue weighted by molar-refractivity contribution is 7.10. The van der Waals surface area contributed by atoms with Crippen molar-refractivity contribution in [2.45, 2.75) is 38.3 Å². The van der Waals surface area contributed by atoms with E-state index in [2.05, 4.69) is 48.0 Å². The molecular weight excluding hydrogens is 266 g/mol. The van der Waals surface area contributed by atoms with Crippen LogP contribution in [0.15, 0.2) is 35.7 Å². The first-order chi connectivity index (χ1) is 9.78. The zero-order valence-corrected chi connectivity index (χ0v) is 12.9. The van der Waals surface area contributed by atoms with Gasteiger partial charge in [0.15, 0.2) is 0 Å². The van der Waals surface area contributed by atoms with E-state index in [1.54, 1.807) is 7.11 Å². The first kappa shape index (κ1) is 13.7. The number of hydrogen-bond acceptors (Lipinski definition) is 3. The van der Waals surface area contributed by atoms with Gasteiger partial charge in [-0.15, -0.1) is 11.3 Å². The van der Waals surface area contributed by atoms with Crippen molar-refractivity contribution in [2.75, 3.05) is 7.11 Å². The molecule has 1 aliphatic carbocycles. The van der Waals surface area contributed by atoms with E-state index in [-0.39, 0.29) is 0 Å². The molecule has 1 N–H and O–H groups in total. The number of fused-ring (bicyclic) bond motifs is 1. The molecule has 0 saturated heterocycles. The van der Waals surface area contributed by atoms with Gasteiger partial charge in [-0.1, -0.05) is 12.1 Å². The Morgan fingerprint density at radius 2 is 2.25 bits per heavy atom. The fourth-order valence-electron chi connectivity index (χ4n) is 3.01. The molecule has 20 heavy (non-hydrogen) atoms. The summed E-state index contributed by atoms with van der Waals surface area (Å²) in [6.45, 7) is 2.25. The van der Waals surface area contributed by atoms with E-state index >= 15 is 0 Å². The van der Waals surface area contributed by atoms with E-state index in [4.69, 9.17) is 4.74 Å². The van der Waals surface area contributed by atoms with Crippen LogP contribution in [0.3, 0.4) is 0 Å². The Hall–Kier alpha value is -1.32. The molecule has 3 rings (SSSR count). The lowest BCUT2D eigenvalue weighted by Gasteiger charge is -2.29. The standard InChI is InChI=1S/C17H21NOS/c1-12(17-7-4-10-20-17)18-16-6-3-5-13-11-14(19-2)8-9-15(13)16/h4,7-12,16,18H,3,5-6H2,1-2H3. The van der Waals surface area contributed by atoms with Crippen LogP contribution in [0.4, 0.5) is 0 Å². The minimum Gasteiger partial charge on any atom is -0.497 e. The molecule has 2 aromatic rings. The number of aryl methyl sites for hydroxylation is 1. The van der Waals surface area contributed by atoms with Gasteiger partial charge in [0.1, 0.15) is 5.75 Å². The van der Waals surface area contributed by atoms with Crippen LogP contribution in [0.5, 0.6) is 5.75 Å². The van der Waals surface area contributed by atoms with Crippen LogP contribution >= 0.6 is 11.3 Å². The molecule has 106 valence electrons. The van der Waals surface area contributed by atoms with Crippen molar-refractivity contribution in [3.05, 3.63) is 51.7 Å². The van der Waals surface area contributed by atoms with Gasteiger partial charge in [0.2, 0.25) is 0 Å². The highest BCUT2D eigenvalue weighted by atomic mass is 32.1. The smallest absolute Gasteiger partial charge is 0.119 e. The third-order valence-electron chi connectivity index (χ3n) is 4.09. The topological polar surface area (TPSA) is 21.3 Å². The molecule has 2 atom stereocenters. The van der Waals surface area contributed by atoms with Gasteiger partial charge in [0.25, 0.3) is 0 Å². The van der Waals surface area contributed by atoms with Crippen molar-refractivity contribution >= 4 is 11.3 Å². The van der Waals surface area contributed by atoms with Gasteiger partial charge >= 0.3 is 0 Å². The molecule has 1 aromatic carbocycles. The minimum absolute atomic E-state index is 0.410. The molecule has 1 aliphatic rings. The largest absolute Gasteiger partial charge is 0.497 e. The zero-order valence-electron chi connectivity index (χ0n) is 12.1. The van der Waals surface area contributed by atoms with Crippen LogP contribution < -0.4 is 10.1 Å². The Labute approximate surface area is 124 Å². The Kier molecular flexibility index (Phi) is 4.08. The van der Waals surface area contributed by atoms with Crippen molar-refractivity contribution in [1.82, 2.24) is 5.32 Å². The molecule has 0 spiro atoms. The SMILES string of the molecule is COc1ccc2c(c1)CCCC2NC(C)c1cccs1. The third-order valence-corrected chi connectivity index (χ3v) is 5.14. The Bertz CT molecular complexity index is 564. The predicted octanol–water partition coefficient (Wildman–Crippen LogP) is 4.48. The Balaban J connectivity index is 1.79. The number of nitrogens with one attached hydrogen (secondary N) is 1. The highest BCUT2D eigenvalue weighted by Gasteiger charge is 2.22. The van der Waals surface area contributed by atoms with Crippen molar-refractivity contribution in [1.29, 1.82) is 0 Å². The summed E-state index contributed by atoms with van der Waals surface area (Å²) in [6, 6.07) is 11.7. The summed E-state index contributed by atoms with van der Waals surface area (Å²) < 4.78 is 5.34. The predicted molar refractivity (Wildman–Crippen MR) is 84.5 cm³/mol. The molecule has 0 radical (unpaired) electrons. The number of rotatable bonds is 4. The normalized spacial score (nSPS) is 19.4. The fourth-order valence-corrected chi connectivity index (χ4v) is 3.76. The fraction of sp³-hybridized carbons (Fsp3) is 0.412. The molecule has 2 unspecified atom stereocenters. The van der Waals surface area contributed by atoms with E-state index < -0.39 is 0 Å². The second-order valence-corrected chi connectivity index (χ2v) is 6.39. The summed E-state index contributed by atoms with van der Waals surface area (Å²) in [5.41, 5.74) is 2.88. The lowest BCUT2D eigenvalue weighted by atomic mass is 9.87. The molecule has 0 bridgehead atoms. The van der Waals surface area contributed by atoms with Crippen LogP contribution in [0.1, 0.15) is 47.9 Å². The van der Waals surface area contributed by atoms with Gasteiger partial charge in [-0.05, 0) is 60.9 Å². The Morgan fingerprint density at radius 3 is 3.00 bits per heavy atom. The quantitative estimate of drug-likeness (QED) is 0.895. The second-order valence-electron chi connectivity index (χ2n) is 5.41. The Morgan fingerprint density at radius 1 is 1.35 bits per heavy atom. The third kappa shape index (κ3) is 2.74. The van der Waals surface area contributed by atoms with Gasteiger partial charge in [-0.25, -0.2) is 0 Å². The van der Waals surface area contributed by atoms with E-state index in [0.717, 1.165) is 12.2 Å². The van der Waals surface area contributed by atoms with Crippen LogP contribution in [-0.4, -0.2) is 7.11 Å². The van der Waals surface area contributed by atoms with E-state index in [1.807, 2.05) is 11.3 Å². The first-order valence-electron chi connectivity index (χ1n) is 7.24. The monoisotopic (exact) mass is 287 g/mol. The molecule has 0 aliphatic heterocycles. The van der Waals surface area contributed by atoms with Gasteiger partial charge in [-0.3, -0.25) is 0 Å². The second kappa shape index (κ2) is 5.98. The van der Waals surface area contributed by atoms with E-state index in [1.165, 1.54) is 28.8 Å². The van der Waals surface area contributed by atoms with Crippen molar-refractivity contribution in [3.63, 3.8) is 0 Å². The van der Waals surface area contributed by atoms with Crippen LogP contribution in [0, 0.1) is 0 Å². The number of thiophene rings is 1. The average Bonchev–Trinajstić information content (AvgIpc) is 3.01. The van der Waals surface area contributed by atoms with E-state index in [0.29, 0.717) is 12.1 Å². The maximum Gasteiger partial charge on any atom is 0.119 e. The van der Waals surface area contributed by atoms with Crippen molar-refractivity contribution < 1.29 is 4.74 Å². The molecule has 1 aromatic heterocycles. The number of benzene rings is 1. The summed E-state index contributed by atoms with van der Waals surface area (Å²) in [6.07, 6.45) is 3.63. The van der Waals surface area contributed by atoms with Crippen LogP contribution in [0.2, 0.25) is 0 Å². The lowest BCUT2D eigenvalue weighted by Crippen LogP contribution is -2.27. The summed E-state index contributed by atoms with van der Waals surface area (Å²) in [5.74, 6) is 0.968. The number of methoxy groups -OCH3 is 1. The highest BCUT2D eigenvalue weighted by Crippen LogP contribution is 2.34. The summed E-state index contributed by atoms with van der Waals surface area (Å²) in [4.78, 5) is 1.41. The molecule has 3 heteroatoms. The molecule has 0 saturated carbocycles. The maximum absolute atomic E-state index is 5.34. The van der Waals surface area contributed by atoms with Crippen molar-refractivity contribution in [3.8, 4) is 5.75 Å². The maximum atomic E-state index is 5.34. The van der Waals surface area contributed by atoms with Gasteiger partial charge < -0.3 is 10.1 Å². The minimum atomic E-state index is 0.410. The summed E-state index contributed by atoms with van der Waals surface area (Å²) in [5, 5.41) is 5.93. The van der Waals surface area contributed by atoms with Crippen molar-refractivity contribution in [2.24, 2.45) is 0 Å². The van der Waals surface area contributed by atoms with Crippen LogP contribution in [0.25, 0.3) is 0 Å². The average molecular weight is 287 g/mol. The summed E-state index contributed by atoms with van der Waals surface area (Å²) in [7, 11) is 1.74. The number of hydrogen-bond donors (Lipinski definition) is 1. The first-order valence-corrected chi connectivity index (χ1v) is 8.12. The van der Waals surface area contributed by atoms with Crippen LogP contribution in [-0.2, 0) is 6.42 Å². The molecule has 2 nitrogen and oxygen atoms in total. The van der Waals surface area contributed by atoms with Gasteiger partial charge in [0.05, 0.1) is 7.11 Å². The lowest BCUT2D eigenvalue weighted by molar-refractivity contribution is 0.404. The van der Waals surface area contributed by atoms with Gasteiger partial charge in [0, 0.05) is 17.0 Å². The molecule has 0 amide bonds. The van der Waals surface area contributed by atoms with Gasteiger partial charge in [-0.2, -0.15) is 0 Å². The molecule has 0 fully saturated rings. The number of ether oxygens (including phenoxy) is 1. The van der Waals surface area contributed by atoms with E-state index in [9.17, 15) is 0 Å². The zero-order chi connectivity index (χ0) is 13.9. The summed E-state index contributed by atoms with van der Waals surface area (Å²) >= 11 is 1.82. The molecular formula is C17H21NOS. The molecule has 1 heterocycles.